The fourth-order valence-corrected chi connectivity index (χ4v) is 4.38. The number of ether oxygens (including phenoxy) is 1. The second-order valence-corrected chi connectivity index (χ2v) is 9.61. The molecule has 7 nitrogen and oxygen atoms in total. The molecular formula is C19H25F3N4O3S. The third-order valence-electron chi connectivity index (χ3n) is 4.84. The maximum Gasteiger partial charge on any atom is 0.522 e. The topological polar surface area (TPSA) is 77.6 Å². The molecule has 1 saturated carbocycles. The van der Waals surface area contributed by atoms with Gasteiger partial charge < -0.3 is 5.43 Å². The van der Waals surface area contributed by atoms with Gasteiger partial charge in [0.2, 0.25) is 0 Å². The Balaban J connectivity index is 2.11. The van der Waals surface area contributed by atoms with Crippen LogP contribution in [0, 0.1) is 12.8 Å². The van der Waals surface area contributed by atoms with Gasteiger partial charge in [-0.15, -0.1) is 24.5 Å². The monoisotopic (exact) mass is 446 g/mol. The smallest absolute Gasteiger partial charge is 0.305 e. The largest absolute Gasteiger partial charge is 0.522 e. The molecule has 11 heteroatoms. The van der Waals surface area contributed by atoms with E-state index >= 15 is 0 Å². The minimum absolute atomic E-state index is 0.170. The average molecular weight is 446 g/mol. The molecule has 0 aromatic carbocycles. The molecule has 30 heavy (non-hydrogen) atoms. The number of hydrazone groups is 1. The molecule has 1 aliphatic rings. The van der Waals surface area contributed by atoms with Gasteiger partial charge in [0.05, 0.1) is 29.6 Å². The van der Waals surface area contributed by atoms with Crippen molar-refractivity contribution in [3.8, 4) is 0 Å². The highest BCUT2D eigenvalue weighted by molar-refractivity contribution is 7.20. The van der Waals surface area contributed by atoms with Crippen LogP contribution in [0.2, 0.25) is 0 Å². The fourth-order valence-electron chi connectivity index (χ4n) is 3.19. The normalized spacial score (nSPS) is 19.7. The zero-order chi connectivity index (χ0) is 22.4. The summed E-state index contributed by atoms with van der Waals surface area (Å²) in [6.45, 7) is 8.46. The second-order valence-electron chi connectivity index (χ2n) is 8.58. The number of nitrogens with zero attached hydrogens (tertiary/aromatic N) is 3. The molecule has 2 aromatic heterocycles. The summed E-state index contributed by atoms with van der Waals surface area (Å²) in [5.41, 5.74) is 2.33. The Bertz CT molecular complexity index is 1090. The molecule has 1 fully saturated rings. The van der Waals surface area contributed by atoms with E-state index in [9.17, 15) is 22.8 Å². The van der Waals surface area contributed by atoms with Gasteiger partial charge in [-0.1, -0.05) is 6.92 Å². The summed E-state index contributed by atoms with van der Waals surface area (Å²) in [6.07, 6.45) is -2.54. The van der Waals surface area contributed by atoms with Gasteiger partial charge >= 0.3 is 12.1 Å². The summed E-state index contributed by atoms with van der Waals surface area (Å²) < 4.78 is 43.5. The quantitative estimate of drug-likeness (QED) is 0.545. The SMILES string of the molecule is Cc1c(C=NNC(C)(C)C)sc2c1c(=O)n(C1CC1C)c(=O)n2CCOC(F)(F)F. The highest BCUT2D eigenvalue weighted by atomic mass is 32.1. The van der Waals surface area contributed by atoms with E-state index in [4.69, 9.17) is 0 Å². The molecular weight excluding hydrogens is 421 g/mol. The lowest BCUT2D eigenvalue weighted by Gasteiger charge is -2.16. The van der Waals surface area contributed by atoms with Crippen molar-refractivity contribution < 1.29 is 17.9 Å². The van der Waals surface area contributed by atoms with E-state index in [1.807, 2.05) is 27.7 Å². The summed E-state index contributed by atoms with van der Waals surface area (Å²) in [6, 6.07) is -0.233. The van der Waals surface area contributed by atoms with Gasteiger partial charge in [0.1, 0.15) is 4.83 Å². The maximum atomic E-state index is 13.1. The van der Waals surface area contributed by atoms with Crippen molar-refractivity contribution in [2.24, 2.45) is 11.0 Å². The number of fused-ring (bicyclic) bond motifs is 1. The van der Waals surface area contributed by atoms with Crippen LogP contribution in [0.4, 0.5) is 13.2 Å². The Hall–Kier alpha value is -2.14. The van der Waals surface area contributed by atoms with Crippen LogP contribution in [-0.2, 0) is 11.3 Å². The van der Waals surface area contributed by atoms with E-state index in [-0.39, 0.29) is 24.0 Å². The van der Waals surface area contributed by atoms with Crippen LogP contribution in [0.1, 0.15) is 50.6 Å². The molecule has 2 unspecified atom stereocenters. The lowest BCUT2D eigenvalue weighted by molar-refractivity contribution is -0.325. The number of alkyl halides is 3. The van der Waals surface area contributed by atoms with Crippen molar-refractivity contribution in [2.75, 3.05) is 6.61 Å². The van der Waals surface area contributed by atoms with Crippen LogP contribution in [0.15, 0.2) is 14.7 Å². The van der Waals surface area contributed by atoms with Crippen molar-refractivity contribution in [2.45, 2.75) is 65.5 Å². The van der Waals surface area contributed by atoms with E-state index in [2.05, 4.69) is 15.3 Å². The number of aromatic nitrogens is 2. The first-order valence-electron chi connectivity index (χ1n) is 9.59. The molecule has 2 aromatic rings. The number of thiophene rings is 1. The molecule has 0 spiro atoms. The van der Waals surface area contributed by atoms with E-state index in [1.165, 1.54) is 9.13 Å². The van der Waals surface area contributed by atoms with E-state index < -0.39 is 24.2 Å². The first-order valence-corrected chi connectivity index (χ1v) is 10.4. The van der Waals surface area contributed by atoms with Crippen molar-refractivity contribution in [3.05, 3.63) is 31.3 Å². The summed E-state index contributed by atoms with van der Waals surface area (Å²) in [4.78, 5) is 27.1. The van der Waals surface area contributed by atoms with Gasteiger partial charge in [-0.05, 0) is 45.6 Å². The molecule has 2 heterocycles. The Morgan fingerprint density at radius 2 is 1.93 bits per heavy atom. The molecule has 3 rings (SSSR count). The van der Waals surface area contributed by atoms with Gasteiger partial charge in [0, 0.05) is 11.6 Å². The number of aryl methyl sites for hydroxylation is 1. The van der Waals surface area contributed by atoms with Gasteiger partial charge in [0.15, 0.2) is 0 Å². The molecule has 0 aliphatic heterocycles. The van der Waals surface area contributed by atoms with Crippen LogP contribution in [0.5, 0.6) is 0 Å². The minimum atomic E-state index is -4.79. The van der Waals surface area contributed by atoms with Crippen LogP contribution in [-0.4, -0.2) is 33.9 Å². The van der Waals surface area contributed by atoms with Crippen LogP contribution in [0.25, 0.3) is 10.2 Å². The van der Waals surface area contributed by atoms with Crippen LogP contribution >= 0.6 is 11.3 Å². The summed E-state index contributed by atoms with van der Waals surface area (Å²) in [7, 11) is 0. The molecule has 2 atom stereocenters. The fraction of sp³-hybridized carbons (Fsp3) is 0.632. The van der Waals surface area contributed by atoms with Crippen LogP contribution < -0.4 is 16.7 Å². The van der Waals surface area contributed by atoms with E-state index in [1.54, 1.807) is 13.1 Å². The molecule has 1 N–H and O–H groups in total. The molecule has 1 aliphatic carbocycles. The first kappa shape index (κ1) is 22.5. The zero-order valence-electron chi connectivity index (χ0n) is 17.5. The maximum absolute atomic E-state index is 13.1. The van der Waals surface area contributed by atoms with Gasteiger partial charge in [0.25, 0.3) is 5.56 Å². The highest BCUT2D eigenvalue weighted by Crippen LogP contribution is 2.41. The van der Waals surface area contributed by atoms with Gasteiger partial charge in [-0.3, -0.25) is 18.7 Å². The predicted octanol–water partition coefficient (Wildman–Crippen LogP) is 3.37. The van der Waals surface area contributed by atoms with Gasteiger partial charge in [-0.25, -0.2) is 4.79 Å². The third kappa shape index (κ3) is 4.77. The molecule has 0 amide bonds. The third-order valence-corrected chi connectivity index (χ3v) is 6.09. The van der Waals surface area contributed by atoms with Crippen molar-refractivity contribution in [1.82, 2.24) is 14.6 Å². The molecule has 0 saturated heterocycles. The molecule has 0 radical (unpaired) electrons. The predicted molar refractivity (Wildman–Crippen MR) is 110 cm³/mol. The summed E-state index contributed by atoms with van der Waals surface area (Å²) in [5, 5.41) is 4.53. The Labute approximate surface area is 175 Å². The number of hydrogen-bond acceptors (Lipinski definition) is 6. The lowest BCUT2D eigenvalue weighted by Crippen LogP contribution is -2.40. The summed E-state index contributed by atoms with van der Waals surface area (Å²) >= 11 is 1.15. The number of rotatable bonds is 6. The number of halogens is 3. The molecule has 0 bridgehead atoms. The average Bonchev–Trinajstić information content (AvgIpc) is 3.20. The second kappa shape index (κ2) is 7.84. The highest BCUT2D eigenvalue weighted by Gasteiger charge is 2.38. The van der Waals surface area contributed by atoms with Crippen molar-refractivity contribution in [3.63, 3.8) is 0 Å². The summed E-state index contributed by atoms with van der Waals surface area (Å²) in [5.74, 6) is 0.170. The van der Waals surface area contributed by atoms with Crippen molar-refractivity contribution >= 4 is 27.8 Å². The van der Waals surface area contributed by atoms with Gasteiger partial charge in [-0.2, -0.15) is 5.10 Å². The van der Waals surface area contributed by atoms with E-state index in [0.717, 1.165) is 11.3 Å². The lowest BCUT2D eigenvalue weighted by atomic mass is 10.1. The van der Waals surface area contributed by atoms with E-state index in [0.29, 0.717) is 27.1 Å². The Morgan fingerprint density at radius 1 is 1.30 bits per heavy atom. The van der Waals surface area contributed by atoms with Crippen molar-refractivity contribution in [1.29, 1.82) is 0 Å². The molecule has 166 valence electrons. The standard InChI is InChI=1S/C19H25F3N4O3S/c1-10-8-12(10)26-15(27)14-11(2)13(9-23-24-18(3,4)5)30-16(14)25(17(26)28)6-7-29-19(20,21)22/h9-10,12,24H,6-8H2,1-5H3. The Kier molecular flexibility index (Phi) is 5.89. The first-order chi connectivity index (χ1) is 13.8. The minimum Gasteiger partial charge on any atom is -0.305 e. The number of hydrogen-bond donors (Lipinski definition) is 1. The van der Waals surface area contributed by atoms with Crippen LogP contribution in [0.3, 0.4) is 0 Å². The Morgan fingerprint density at radius 3 is 2.47 bits per heavy atom. The number of nitrogens with one attached hydrogen (secondary N) is 1. The zero-order valence-corrected chi connectivity index (χ0v) is 18.3.